The molecule has 0 aliphatic rings. The monoisotopic (exact) mass is 179 g/mol. The molecule has 4 nitrogen and oxygen atoms in total. The van der Waals surface area contributed by atoms with Crippen LogP contribution in [0.1, 0.15) is 5.56 Å². The van der Waals surface area contributed by atoms with Gasteiger partial charge < -0.3 is 4.74 Å². The minimum absolute atomic E-state index is 0.255. The molecule has 0 aliphatic carbocycles. The zero-order valence-corrected chi connectivity index (χ0v) is 7.14. The van der Waals surface area contributed by atoms with Crippen LogP contribution in [0.2, 0.25) is 0 Å². The maximum Gasteiger partial charge on any atom is 0.276 e. The normalized spacial score (nSPS) is 11.0. The van der Waals surface area contributed by atoms with Gasteiger partial charge >= 0.3 is 0 Å². The van der Waals surface area contributed by atoms with Gasteiger partial charge in [-0.1, -0.05) is 30.3 Å². The van der Waals surface area contributed by atoms with Crippen molar-refractivity contribution in [2.45, 2.75) is 0 Å². The molecule has 0 atom stereocenters. The summed E-state index contributed by atoms with van der Waals surface area (Å²) < 4.78 is 4.87. The third-order valence-corrected chi connectivity index (χ3v) is 1.50. The van der Waals surface area contributed by atoms with Crippen LogP contribution in [0.4, 0.5) is 0 Å². The predicted octanol–water partition coefficient (Wildman–Crippen LogP) is 1.91. The SMILES string of the molecule is CO/C(=C\[N+](=O)[O-])c1ccccc1. The summed E-state index contributed by atoms with van der Waals surface area (Å²) in [7, 11) is 1.41. The van der Waals surface area contributed by atoms with E-state index in [1.807, 2.05) is 6.07 Å². The van der Waals surface area contributed by atoms with Crippen molar-refractivity contribution in [2.75, 3.05) is 7.11 Å². The van der Waals surface area contributed by atoms with Gasteiger partial charge in [0.05, 0.1) is 12.0 Å². The molecular weight excluding hydrogens is 170 g/mol. The smallest absolute Gasteiger partial charge is 0.276 e. The first-order chi connectivity index (χ1) is 6.24. The average molecular weight is 179 g/mol. The van der Waals surface area contributed by atoms with Gasteiger partial charge in [0, 0.05) is 5.56 Å². The maximum atomic E-state index is 10.2. The minimum atomic E-state index is -0.536. The van der Waals surface area contributed by atoms with Gasteiger partial charge in [0.2, 0.25) is 0 Å². The molecule has 0 bridgehead atoms. The van der Waals surface area contributed by atoms with E-state index in [0.29, 0.717) is 5.56 Å². The highest BCUT2D eigenvalue weighted by Crippen LogP contribution is 2.13. The van der Waals surface area contributed by atoms with Gasteiger partial charge in [0.25, 0.3) is 6.20 Å². The Morgan fingerprint density at radius 2 is 2.08 bits per heavy atom. The Hall–Kier alpha value is -1.84. The lowest BCUT2D eigenvalue weighted by Gasteiger charge is -2.01. The van der Waals surface area contributed by atoms with Crippen molar-refractivity contribution in [3.63, 3.8) is 0 Å². The molecule has 0 aromatic heterocycles. The summed E-state index contributed by atoms with van der Waals surface area (Å²) in [4.78, 5) is 9.66. The molecule has 0 amide bonds. The fraction of sp³-hybridized carbons (Fsp3) is 0.111. The van der Waals surface area contributed by atoms with Crippen LogP contribution in [-0.4, -0.2) is 12.0 Å². The van der Waals surface area contributed by atoms with Gasteiger partial charge in [-0.15, -0.1) is 0 Å². The summed E-state index contributed by atoms with van der Waals surface area (Å²) in [5.41, 5.74) is 0.696. The van der Waals surface area contributed by atoms with Gasteiger partial charge in [-0.05, 0) is 0 Å². The Labute approximate surface area is 75.6 Å². The van der Waals surface area contributed by atoms with E-state index in [2.05, 4.69) is 0 Å². The quantitative estimate of drug-likeness (QED) is 0.404. The third kappa shape index (κ3) is 2.59. The molecule has 0 aliphatic heterocycles. The highest BCUT2D eigenvalue weighted by molar-refractivity contribution is 5.58. The molecule has 13 heavy (non-hydrogen) atoms. The van der Waals surface area contributed by atoms with E-state index in [-0.39, 0.29) is 5.76 Å². The van der Waals surface area contributed by atoms with E-state index >= 15 is 0 Å². The van der Waals surface area contributed by atoms with Crippen LogP contribution in [0.25, 0.3) is 5.76 Å². The summed E-state index contributed by atoms with van der Waals surface area (Å²) in [6, 6.07) is 8.92. The maximum absolute atomic E-state index is 10.2. The van der Waals surface area contributed by atoms with Crippen molar-refractivity contribution in [3.05, 3.63) is 52.2 Å². The number of nitrogens with zero attached hydrogens (tertiary/aromatic N) is 1. The van der Waals surface area contributed by atoms with Crippen LogP contribution in [0, 0.1) is 10.1 Å². The van der Waals surface area contributed by atoms with Gasteiger partial charge in [-0.3, -0.25) is 10.1 Å². The molecule has 0 saturated carbocycles. The Morgan fingerprint density at radius 3 is 2.54 bits per heavy atom. The first kappa shape index (κ1) is 9.25. The van der Waals surface area contributed by atoms with Crippen molar-refractivity contribution < 1.29 is 9.66 Å². The number of hydrogen-bond acceptors (Lipinski definition) is 3. The summed E-state index contributed by atoms with van der Waals surface area (Å²) in [6.07, 6.45) is 0.843. The fourth-order valence-corrected chi connectivity index (χ4v) is 0.943. The fourth-order valence-electron chi connectivity index (χ4n) is 0.943. The Morgan fingerprint density at radius 1 is 1.46 bits per heavy atom. The van der Waals surface area contributed by atoms with E-state index in [0.717, 1.165) is 6.20 Å². The molecule has 0 unspecified atom stereocenters. The van der Waals surface area contributed by atoms with Gasteiger partial charge in [0.1, 0.15) is 0 Å². The van der Waals surface area contributed by atoms with E-state index in [1.54, 1.807) is 24.3 Å². The van der Waals surface area contributed by atoms with Crippen LogP contribution in [-0.2, 0) is 4.74 Å². The lowest BCUT2D eigenvalue weighted by atomic mass is 10.2. The average Bonchev–Trinajstić information content (AvgIpc) is 2.15. The first-order valence-corrected chi connectivity index (χ1v) is 3.69. The summed E-state index contributed by atoms with van der Waals surface area (Å²) >= 11 is 0. The number of hydrogen-bond donors (Lipinski definition) is 0. The van der Waals surface area contributed by atoms with Crippen molar-refractivity contribution in [3.8, 4) is 0 Å². The zero-order valence-electron chi connectivity index (χ0n) is 7.14. The molecule has 4 heteroatoms. The number of methoxy groups -OCH3 is 1. The van der Waals surface area contributed by atoms with Crippen molar-refractivity contribution >= 4 is 5.76 Å². The van der Waals surface area contributed by atoms with Crippen molar-refractivity contribution in [2.24, 2.45) is 0 Å². The number of benzene rings is 1. The standard InChI is InChI=1S/C9H9NO3/c1-13-9(7-10(11)12)8-5-3-2-4-6-8/h2-7H,1H3/b9-7-. The number of nitro groups is 1. The summed E-state index contributed by atoms with van der Waals surface area (Å²) in [5.74, 6) is 0.255. The van der Waals surface area contributed by atoms with E-state index in [1.165, 1.54) is 7.11 Å². The lowest BCUT2D eigenvalue weighted by molar-refractivity contribution is -0.402. The predicted molar refractivity (Wildman–Crippen MR) is 48.4 cm³/mol. The highest BCUT2D eigenvalue weighted by atomic mass is 16.6. The Bertz CT molecular complexity index is 319. The molecule has 0 radical (unpaired) electrons. The lowest BCUT2D eigenvalue weighted by Crippen LogP contribution is -1.92. The Kier molecular flexibility index (Phi) is 3.03. The Balaban J connectivity index is 2.98. The molecule has 0 N–H and O–H groups in total. The van der Waals surface area contributed by atoms with Crippen molar-refractivity contribution in [1.82, 2.24) is 0 Å². The van der Waals surface area contributed by atoms with Crippen molar-refractivity contribution in [1.29, 1.82) is 0 Å². The molecule has 0 heterocycles. The molecule has 0 spiro atoms. The second-order valence-electron chi connectivity index (χ2n) is 2.35. The molecule has 1 aromatic rings. The minimum Gasteiger partial charge on any atom is -0.490 e. The zero-order chi connectivity index (χ0) is 9.68. The van der Waals surface area contributed by atoms with Crippen LogP contribution < -0.4 is 0 Å². The first-order valence-electron chi connectivity index (χ1n) is 3.69. The molecule has 1 aromatic carbocycles. The highest BCUT2D eigenvalue weighted by Gasteiger charge is 2.04. The summed E-state index contributed by atoms with van der Waals surface area (Å²) in [6.45, 7) is 0. The van der Waals surface area contributed by atoms with Crippen LogP contribution in [0.3, 0.4) is 0 Å². The number of ether oxygens (including phenoxy) is 1. The van der Waals surface area contributed by atoms with Crippen LogP contribution in [0.15, 0.2) is 36.5 Å². The van der Waals surface area contributed by atoms with Crippen LogP contribution >= 0.6 is 0 Å². The van der Waals surface area contributed by atoms with E-state index in [9.17, 15) is 10.1 Å². The number of rotatable bonds is 3. The van der Waals surface area contributed by atoms with Crippen LogP contribution in [0.5, 0.6) is 0 Å². The second kappa shape index (κ2) is 4.25. The second-order valence-corrected chi connectivity index (χ2v) is 2.35. The molecular formula is C9H9NO3. The van der Waals surface area contributed by atoms with E-state index in [4.69, 9.17) is 4.74 Å². The molecule has 68 valence electrons. The third-order valence-electron chi connectivity index (χ3n) is 1.50. The summed E-state index contributed by atoms with van der Waals surface area (Å²) in [5, 5.41) is 10.2. The van der Waals surface area contributed by atoms with Gasteiger partial charge in [0.15, 0.2) is 5.76 Å². The van der Waals surface area contributed by atoms with Gasteiger partial charge in [-0.2, -0.15) is 0 Å². The molecule has 0 saturated heterocycles. The molecule has 0 fully saturated rings. The molecule has 1 rings (SSSR count). The van der Waals surface area contributed by atoms with E-state index < -0.39 is 4.92 Å². The van der Waals surface area contributed by atoms with Gasteiger partial charge in [-0.25, -0.2) is 0 Å². The largest absolute Gasteiger partial charge is 0.490 e. The topological polar surface area (TPSA) is 52.4 Å².